The molecule has 0 spiro atoms. The number of imide groups is 2. The molecule has 9 nitrogen and oxygen atoms in total. The van der Waals surface area contributed by atoms with E-state index in [0.29, 0.717) is 33.3 Å². The Balaban J connectivity index is 1.30. The number of anilines is 2. The molecule has 4 amide bonds. The Morgan fingerprint density at radius 1 is 0.920 bits per heavy atom. The van der Waals surface area contributed by atoms with E-state index in [-0.39, 0.29) is 30.4 Å². The predicted octanol–water partition coefficient (Wildman–Crippen LogP) is 6.40. The van der Waals surface area contributed by atoms with Crippen LogP contribution in [0.3, 0.4) is 0 Å². The van der Waals surface area contributed by atoms with E-state index < -0.39 is 59.2 Å². The van der Waals surface area contributed by atoms with Crippen LogP contribution in [0.15, 0.2) is 108 Å². The molecule has 3 aromatic carbocycles. The Morgan fingerprint density at radius 2 is 1.64 bits per heavy atom. The van der Waals surface area contributed by atoms with Crippen LogP contribution < -0.4 is 10.3 Å². The second-order valence-electron chi connectivity index (χ2n) is 13.1. The number of aliphatic hydroxyl groups is 1. The number of benzene rings is 3. The fourth-order valence-electron chi connectivity index (χ4n) is 8.61. The van der Waals surface area contributed by atoms with Gasteiger partial charge in [0.2, 0.25) is 11.8 Å². The summed E-state index contributed by atoms with van der Waals surface area (Å²) in [5.41, 5.74) is 4.18. The number of hydrogen-bond acceptors (Lipinski definition) is 7. The minimum Gasteiger partial charge on any atom is -0.463 e. The van der Waals surface area contributed by atoms with Crippen LogP contribution >= 0.6 is 11.6 Å². The zero-order valence-electron chi connectivity index (χ0n) is 26.6. The first kappa shape index (κ1) is 31.9. The predicted molar refractivity (Wildman–Crippen MR) is 183 cm³/mol. The fraction of sp³-hybridized carbons (Fsp3) is 0.231. The number of carbonyl (C=O) groups excluding carboxylic acids is 4. The summed E-state index contributed by atoms with van der Waals surface area (Å²) in [6.45, 7) is 3.38. The third-order valence-electron chi connectivity index (χ3n) is 10.8. The number of nitrogens with one attached hydrogen (secondary N) is 1. The highest BCUT2D eigenvalue weighted by Gasteiger charge is 2.71. The van der Waals surface area contributed by atoms with Gasteiger partial charge in [-0.1, -0.05) is 60.2 Å². The van der Waals surface area contributed by atoms with E-state index in [1.54, 1.807) is 66.7 Å². The lowest BCUT2D eigenvalue weighted by Gasteiger charge is -2.49. The number of hydrazine groups is 1. The van der Waals surface area contributed by atoms with Gasteiger partial charge < -0.3 is 9.52 Å². The molecular weight excluding hydrogens is 661 g/mol. The molecule has 50 heavy (non-hydrogen) atoms. The lowest BCUT2D eigenvalue weighted by atomic mass is 9.50. The Hall–Kier alpha value is -5.32. The molecule has 11 heteroatoms. The van der Waals surface area contributed by atoms with Gasteiger partial charge in [0.1, 0.15) is 29.4 Å². The van der Waals surface area contributed by atoms with Gasteiger partial charge in [0, 0.05) is 5.02 Å². The van der Waals surface area contributed by atoms with Gasteiger partial charge in [-0.15, -0.1) is 0 Å². The zero-order valence-corrected chi connectivity index (χ0v) is 27.3. The van der Waals surface area contributed by atoms with Crippen LogP contribution in [-0.2, 0) is 31.2 Å². The molecular formula is C39H31ClFN3O6. The highest BCUT2D eigenvalue weighted by Crippen LogP contribution is 2.64. The van der Waals surface area contributed by atoms with Crippen molar-refractivity contribution in [3.8, 4) is 0 Å². The van der Waals surface area contributed by atoms with Crippen molar-refractivity contribution in [1.82, 2.24) is 5.01 Å². The summed E-state index contributed by atoms with van der Waals surface area (Å²) in [7, 11) is 0. The first-order chi connectivity index (χ1) is 24.2. The number of hydrogen-bond donors (Lipinski definition) is 2. The summed E-state index contributed by atoms with van der Waals surface area (Å²) in [4.78, 5) is 59.3. The summed E-state index contributed by atoms with van der Waals surface area (Å²) in [5.74, 6) is -5.63. The molecule has 3 fully saturated rings. The van der Waals surface area contributed by atoms with E-state index in [1.807, 2.05) is 6.08 Å². The minimum absolute atomic E-state index is 0.0914. The van der Waals surface area contributed by atoms with E-state index >= 15 is 4.79 Å². The SMILES string of the molecule is C=Cc1ccc(N2C(=O)C3CC=C4C(CC5C(=O)N(Nc6ccc(F)cc6)C(=O)C5(c5ccc(Cl)cc5)C4c4ccc(CO)o4)C3C2=O)cc1. The highest BCUT2D eigenvalue weighted by atomic mass is 35.5. The summed E-state index contributed by atoms with van der Waals surface area (Å²) in [6, 6.07) is 22.3. The smallest absolute Gasteiger partial charge is 0.260 e. The molecule has 2 N–H and O–H groups in total. The zero-order chi connectivity index (χ0) is 34.9. The summed E-state index contributed by atoms with van der Waals surface area (Å²) < 4.78 is 20.0. The number of fused-ring (bicyclic) bond motifs is 4. The molecule has 4 aliphatic rings. The van der Waals surface area contributed by atoms with Crippen LogP contribution in [-0.4, -0.2) is 33.7 Å². The highest BCUT2D eigenvalue weighted by molar-refractivity contribution is 6.30. The second kappa shape index (κ2) is 11.9. The standard InChI is InChI=1S/C39H31ClFN3O6/c1-2-21-3-13-26(14-4-21)43-35(46)29-17-16-28-30(33(29)37(43)48)19-31-36(47)44(42-25-11-9-24(41)10-12-25)38(49)39(31,22-5-7-23(40)8-6-22)34(28)32-18-15-27(20-45)50-32/h2-16,18,29-31,33-34,42,45H,1,17,19-20H2. The number of furan rings is 1. The summed E-state index contributed by atoms with van der Waals surface area (Å²) >= 11 is 6.32. The lowest BCUT2D eigenvalue weighted by molar-refractivity contribution is -0.138. The van der Waals surface area contributed by atoms with Crippen LogP contribution in [0.2, 0.25) is 5.02 Å². The van der Waals surface area contributed by atoms with Gasteiger partial charge in [-0.05, 0) is 90.6 Å². The van der Waals surface area contributed by atoms with Crippen molar-refractivity contribution in [2.75, 3.05) is 10.3 Å². The summed E-state index contributed by atoms with van der Waals surface area (Å²) in [6.07, 6.45) is 3.93. The first-order valence-electron chi connectivity index (χ1n) is 16.3. The molecule has 6 unspecified atom stereocenters. The molecule has 3 heterocycles. The Labute approximate surface area is 291 Å². The monoisotopic (exact) mass is 691 g/mol. The molecule has 0 bridgehead atoms. The number of carbonyl (C=O) groups is 4. The van der Waals surface area contributed by atoms with Crippen molar-refractivity contribution in [3.05, 3.63) is 137 Å². The topological polar surface area (TPSA) is 120 Å². The van der Waals surface area contributed by atoms with Crippen molar-refractivity contribution >= 4 is 52.7 Å². The van der Waals surface area contributed by atoms with E-state index in [0.717, 1.165) is 10.6 Å². The van der Waals surface area contributed by atoms with Crippen molar-refractivity contribution < 1.29 is 33.1 Å². The van der Waals surface area contributed by atoms with E-state index in [1.165, 1.54) is 29.2 Å². The van der Waals surface area contributed by atoms with Gasteiger partial charge in [-0.3, -0.25) is 29.5 Å². The minimum atomic E-state index is -1.57. The maximum Gasteiger partial charge on any atom is 0.260 e. The third-order valence-corrected chi connectivity index (χ3v) is 11.0. The molecule has 252 valence electrons. The Bertz CT molecular complexity index is 2090. The normalized spacial score (nSPS) is 27.2. The van der Waals surface area contributed by atoms with Crippen LogP contribution in [0, 0.1) is 29.5 Å². The van der Waals surface area contributed by atoms with Gasteiger partial charge in [0.15, 0.2) is 0 Å². The fourth-order valence-corrected chi connectivity index (χ4v) is 8.74. The Kier molecular flexibility index (Phi) is 7.61. The van der Waals surface area contributed by atoms with Gasteiger partial charge in [-0.2, -0.15) is 5.01 Å². The van der Waals surface area contributed by atoms with Crippen molar-refractivity contribution in [1.29, 1.82) is 0 Å². The van der Waals surface area contributed by atoms with Crippen LogP contribution in [0.5, 0.6) is 0 Å². The Morgan fingerprint density at radius 3 is 2.30 bits per heavy atom. The number of nitrogens with zero attached hydrogens (tertiary/aromatic N) is 2. The van der Waals surface area contributed by atoms with E-state index in [2.05, 4.69) is 12.0 Å². The molecule has 2 saturated heterocycles. The van der Waals surface area contributed by atoms with Crippen LogP contribution in [0.4, 0.5) is 15.8 Å². The maximum absolute atomic E-state index is 15.1. The molecule has 2 aliphatic carbocycles. The number of amides is 4. The molecule has 2 aliphatic heterocycles. The van der Waals surface area contributed by atoms with Gasteiger partial charge in [-0.25, -0.2) is 4.39 Å². The number of allylic oxidation sites excluding steroid dienone is 2. The van der Waals surface area contributed by atoms with Gasteiger partial charge >= 0.3 is 0 Å². The van der Waals surface area contributed by atoms with E-state index in [9.17, 15) is 23.9 Å². The van der Waals surface area contributed by atoms with Gasteiger partial charge in [0.05, 0.1) is 35.0 Å². The second-order valence-corrected chi connectivity index (χ2v) is 13.6. The molecule has 1 saturated carbocycles. The molecule has 1 aromatic heterocycles. The average Bonchev–Trinajstić information content (AvgIpc) is 3.77. The quantitative estimate of drug-likeness (QED) is 0.170. The van der Waals surface area contributed by atoms with Gasteiger partial charge in [0.25, 0.3) is 11.8 Å². The molecule has 8 rings (SSSR count). The average molecular weight is 692 g/mol. The summed E-state index contributed by atoms with van der Waals surface area (Å²) in [5, 5.41) is 11.4. The first-order valence-corrected chi connectivity index (χ1v) is 16.7. The maximum atomic E-state index is 15.1. The molecule has 4 aromatic rings. The third kappa shape index (κ3) is 4.62. The molecule has 6 atom stereocenters. The lowest BCUT2D eigenvalue weighted by Crippen LogP contribution is -2.53. The number of aliphatic hydroxyl groups excluding tert-OH is 1. The van der Waals surface area contributed by atoms with Crippen LogP contribution in [0.25, 0.3) is 6.08 Å². The van der Waals surface area contributed by atoms with Crippen molar-refractivity contribution in [2.24, 2.45) is 23.7 Å². The van der Waals surface area contributed by atoms with E-state index in [4.69, 9.17) is 16.0 Å². The van der Waals surface area contributed by atoms with Crippen LogP contribution in [0.1, 0.15) is 41.4 Å². The molecule has 0 radical (unpaired) electrons. The van der Waals surface area contributed by atoms with Crippen molar-refractivity contribution in [2.45, 2.75) is 30.8 Å². The van der Waals surface area contributed by atoms with Crippen molar-refractivity contribution in [3.63, 3.8) is 0 Å². The number of rotatable bonds is 7. The number of halogens is 2. The largest absolute Gasteiger partial charge is 0.463 e.